The van der Waals surface area contributed by atoms with Gasteiger partial charge in [-0.2, -0.15) is 0 Å². The van der Waals surface area contributed by atoms with Crippen molar-refractivity contribution in [2.75, 3.05) is 39.5 Å². The first-order chi connectivity index (χ1) is 18.3. The van der Waals surface area contributed by atoms with Gasteiger partial charge in [0.25, 0.3) is 16.8 Å². The summed E-state index contributed by atoms with van der Waals surface area (Å²) in [6, 6.07) is 9.58. The highest BCUT2D eigenvalue weighted by Crippen LogP contribution is 2.38. The van der Waals surface area contributed by atoms with E-state index in [1.165, 1.54) is 12.1 Å². The minimum absolute atomic E-state index is 0.00226. The first-order valence-corrected chi connectivity index (χ1v) is 13.6. The molecular weight excluding hydrogens is 629 g/mol. The zero-order valence-electron chi connectivity index (χ0n) is 20.4. The maximum atomic E-state index is 12.9. The van der Waals surface area contributed by atoms with Crippen LogP contribution in [-0.2, 0) is 20.9 Å². The lowest BCUT2D eigenvalue weighted by atomic mass is 10.1. The van der Waals surface area contributed by atoms with Crippen molar-refractivity contribution in [3.63, 3.8) is 0 Å². The molecule has 0 aliphatic carbocycles. The zero-order valence-corrected chi connectivity index (χ0v) is 23.4. The highest BCUT2D eigenvalue weighted by atomic mass is 127. The summed E-state index contributed by atoms with van der Waals surface area (Å²) in [5, 5.41) is 10.4. The van der Waals surface area contributed by atoms with Crippen molar-refractivity contribution >= 4 is 63.2 Å². The summed E-state index contributed by atoms with van der Waals surface area (Å²) in [5.41, 5.74) is 1.38. The fraction of sp³-hybridized carbons (Fsp3) is 0.320. The van der Waals surface area contributed by atoms with Crippen LogP contribution in [0.25, 0.3) is 6.08 Å². The molecular formula is C25H24IN3O8S. The molecule has 2 heterocycles. The number of halogens is 1. The molecule has 0 bridgehead atoms. The van der Waals surface area contributed by atoms with Gasteiger partial charge in [-0.15, -0.1) is 0 Å². The van der Waals surface area contributed by atoms with Crippen LogP contribution in [0.4, 0.5) is 10.5 Å². The fourth-order valence-electron chi connectivity index (χ4n) is 3.78. The molecule has 4 rings (SSSR count). The molecule has 2 aliphatic heterocycles. The zero-order chi connectivity index (χ0) is 27.2. The predicted molar refractivity (Wildman–Crippen MR) is 148 cm³/mol. The maximum absolute atomic E-state index is 12.9. The Morgan fingerprint density at radius 3 is 2.55 bits per heavy atom. The molecule has 200 valence electrons. The summed E-state index contributed by atoms with van der Waals surface area (Å²) >= 11 is 2.88. The minimum Gasteiger partial charge on any atom is -0.490 e. The van der Waals surface area contributed by atoms with Crippen LogP contribution in [0.5, 0.6) is 11.5 Å². The van der Waals surface area contributed by atoms with Crippen LogP contribution in [0.3, 0.4) is 0 Å². The third kappa shape index (κ3) is 6.63. The number of benzene rings is 2. The first-order valence-electron chi connectivity index (χ1n) is 11.7. The number of non-ortho nitro benzene ring substituents is 1. The molecule has 0 saturated carbocycles. The van der Waals surface area contributed by atoms with E-state index >= 15 is 0 Å². The smallest absolute Gasteiger partial charge is 0.294 e. The summed E-state index contributed by atoms with van der Waals surface area (Å²) in [6.07, 6.45) is 1.59. The van der Waals surface area contributed by atoms with Gasteiger partial charge in [0.1, 0.15) is 13.2 Å². The Kier molecular flexibility index (Phi) is 9.22. The molecule has 38 heavy (non-hydrogen) atoms. The average molecular weight is 653 g/mol. The van der Waals surface area contributed by atoms with Gasteiger partial charge >= 0.3 is 0 Å². The van der Waals surface area contributed by atoms with Gasteiger partial charge in [0, 0.05) is 25.2 Å². The number of rotatable bonds is 9. The Labute approximate surface area is 236 Å². The standard InChI is InChI=1S/C25H24IN3O8S/c1-2-36-20-12-17(11-19(26)23(20)37-15-16-3-5-18(6-4-16)29(33)34)13-21-24(31)28(25(32)38-21)14-22(30)27-7-9-35-10-8-27/h3-6,11-13H,2,7-10,14-15H2,1H3/b21-13-. The van der Waals surface area contributed by atoms with Gasteiger partial charge in [0.2, 0.25) is 5.91 Å². The number of ether oxygens (including phenoxy) is 3. The SMILES string of the molecule is CCOc1cc(/C=C2\SC(=O)N(CC(=O)N3CCOCC3)C2=O)cc(I)c1OCc1ccc([N+](=O)[O-])cc1. The molecule has 2 aromatic rings. The van der Waals surface area contributed by atoms with E-state index in [0.29, 0.717) is 53.5 Å². The highest BCUT2D eigenvalue weighted by molar-refractivity contribution is 14.1. The normalized spacial score (nSPS) is 16.7. The number of thioether (sulfide) groups is 1. The molecule has 0 spiro atoms. The molecule has 2 fully saturated rings. The first kappa shape index (κ1) is 27.9. The van der Waals surface area contributed by atoms with Gasteiger partial charge in [-0.25, -0.2) is 0 Å². The molecule has 0 unspecified atom stereocenters. The van der Waals surface area contributed by atoms with Crippen LogP contribution < -0.4 is 9.47 Å². The third-order valence-corrected chi connectivity index (χ3v) is 7.40. The van der Waals surface area contributed by atoms with Crippen molar-refractivity contribution in [1.82, 2.24) is 9.80 Å². The monoisotopic (exact) mass is 653 g/mol. The minimum atomic E-state index is -0.520. The van der Waals surface area contributed by atoms with Crippen LogP contribution in [0.1, 0.15) is 18.1 Å². The molecule has 0 aromatic heterocycles. The van der Waals surface area contributed by atoms with E-state index in [2.05, 4.69) is 22.6 Å². The van der Waals surface area contributed by atoms with Crippen molar-refractivity contribution in [2.24, 2.45) is 0 Å². The van der Waals surface area contributed by atoms with Crippen molar-refractivity contribution in [3.8, 4) is 11.5 Å². The molecule has 0 radical (unpaired) electrons. The molecule has 2 aromatic carbocycles. The van der Waals surface area contributed by atoms with Crippen molar-refractivity contribution < 1.29 is 33.5 Å². The van der Waals surface area contributed by atoms with Gasteiger partial charge in [-0.1, -0.05) is 0 Å². The molecule has 0 N–H and O–H groups in total. The van der Waals surface area contributed by atoms with Crippen LogP contribution in [0.15, 0.2) is 41.3 Å². The van der Waals surface area contributed by atoms with Crippen LogP contribution in [-0.4, -0.2) is 71.2 Å². The van der Waals surface area contributed by atoms with E-state index in [1.807, 2.05) is 6.92 Å². The van der Waals surface area contributed by atoms with Crippen LogP contribution in [0.2, 0.25) is 0 Å². The molecule has 2 saturated heterocycles. The molecule has 2 aliphatic rings. The number of carbonyl (C=O) groups excluding carboxylic acids is 3. The number of nitro groups is 1. The number of amides is 3. The number of hydrogen-bond donors (Lipinski definition) is 0. The fourth-order valence-corrected chi connectivity index (χ4v) is 5.40. The Morgan fingerprint density at radius 2 is 1.89 bits per heavy atom. The second-order valence-corrected chi connectivity index (χ2v) is 10.4. The van der Waals surface area contributed by atoms with E-state index in [0.717, 1.165) is 22.2 Å². The lowest BCUT2D eigenvalue weighted by Crippen LogP contribution is -2.46. The highest BCUT2D eigenvalue weighted by Gasteiger charge is 2.37. The summed E-state index contributed by atoms with van der Waals surface area (Å²) in [4.78, 5) is 51.2. The molecule has 13 heteroatoms. The van der Waals surface area contributed by atoms with E-state index < -0.39 is 16.1 Å². The van der Waals surface area contributed by atoms with E-state index in [1.54, 1.807) is 35.2 Å². The van der Waals surface area contributed by atoms with Gasteiger partial charge in [-0.3, -0.25) is 29.4 Å². The second-order valence-electron chi connectivity index (χ2n) is 8.24. The van der Waals surface area contributed by atoms with Gasteiger partial charge in [-0.05, 0) is 82.7 Å². The summed E-state index contributed by atoms with van der Waals surface area (Å²) in [7, 11) is 0. The summed E-state index contributed by atoms with van der Waals surface area (Å²) in [5.74, 6) is 0.133. The van der Waals surface area contributed by atoms with Crippen molar-refractivity contribution in [2.45, 2.75) is 13.5 Å². The third-order valence-electron chi connectivity index (χ3n) is 5.69. The molecule has 3 amide bonds. The van der Waals surface area contributed by atoms with E-state index in [9.17, 15) is 24.5 Å². The van der Waals surface area contributed by atoms with Gasteiger partial charge in [0.15, 0.2) is 11.5 Å². The van der Waals surface area contributed by atoms with Gasteiger partial charge in [0.05, 0.1) is 33.2 Å². The average Bonchev–Trinajstić information content (AvgIpc) is 3.16. The number of imide groups is 1. The van der Waals surface area contributed by atoms with Gasteiger partial charge < -0.3 is 19.1 Å². The lowest BCUT2D eigenvalue weighted by molar-refractivity contribution is -0.384. The quantitative estimate of drug-likeness (QED) is 0.170. The lowest BCUT2D eigenvalue weighted by Gasteiger charge is -2.28. The van der Waals surface area contributed by atoms with Crippen LogP contribution in [0, 0.1) is 13.7 Å². The largest absolute Gasteiger partial charge is 0.490 e. The number of nitrogens with zero attached hydrogens (tertiary/aromatic N) is 3. The van der Waals surface area contributed by atoms with Crippen molar-refractivity contribution in [1.29, 1.82) is 0 Å². The topological polar surface area (TPSA) is 129 Å². The molecule has 11 nitrogen and oxygen atoms in total. The maximum Gasteiger partial charge on any atom is 0.294 e. The Balaban J connectivity index is 1.49. The van der Waals surface area contributed by atoms with Crippen molar-refractivity contribution in [3.05, 3.63) is 66.1 Å². The number of nitro benzene ring substituents is 1. The number of morpholine rings is 1. The molecule has 0 atom stereocenters. The number of hydrogen-bond acceptors (Lipinski definition) is 9. The predicted octanol–water partition coefficient (Wildman–Crippen LogP) is 4.07. The second kappa shape index (κ2) is 12.6. The van der Waals surface area contributed by atoms with E-state index in [-0.39, 0.29) is 29.7 Å². The Bertz CT molecular complexity index is 1280. The summed E-state index contributed by atoms with van der Waals surface area (Å²) in [6.45, 7) is 3.79. The van der Waals surface area contributed by atoms with E-state index in [4.69, 9.17) is 14.2 Å². The Morgan fingerprint density at radius 1 is 1.18 bits per heavy atom. The Hall–Kier alpha value is -3.17. The van der Waals surface area contributed by atoms with Crippen LogP contribution >= 0.6 is 34.4 Å². The number of carbonyl (C=O) groups is 3. The summed E-state index contributed by atoms with van der Waals surface area (Å²) < 4.78 is 17.7.